The molecule has 2 N–H and O–H groups in total. The molecule has 0 aliphatic carbocycles. The molecule has 3 nitrogen and oxygen atoms in total. The first-order chi connectivity index (χ1) is 7.63. The Morgan fingerprint density at radius 1 is 1.44 bits per heavy atom. The zero-order chi connectivity index (χ0) is 12.0. The quantitative estimate of drug-likeness (QED) is 0.790. The zero-order valence-electron chi connectivity index (χ0n) is 8.42. The molecule has 1 aromatic rings. The van der Waals surface area contributed by atoms with Gasteiger partial charge in [0.05, 0.1) is 11.1 Å². The maximum Gasteiger partial charge on any atom is 0.387 e. The van der Waals surface area contributed by atoms with Gasteiger partial charge in [0.2, 0.25) is 0 Å². The molecule has 0 aliphatic rings. The van der Waals surface area contributed by atoms with Gasteiger partial charge in [-0.1, -0.05) is 6.07 Å². The van der Waals surface area contributed by atoms with Crippen LogP contribution in [-0.4, -0.2) is 24.9 Å². The molecule has 0 bridgehead atoms. The van der Waals surface area contributed by atoms with Crippen molar-refractivity contribution in [2.75, 3.05) is 13.2 Å². The van der Waals surface area contributed by atoms with Crippen LogP contribution in [0.25, 0.3) is 0 Å². The number of hydrogen-bond acceptors (Lipinski definition) is 3. The van der Waals surface area contributed by atoms with E-state index in [1.165, 1.54) is 6.07 Å². The van der Waals surface area contributed by atoms with Crippen molar-refractivity contribution in [2.45, 2.75) is 13.2 Å². The van der Waals surface area contributed by atoms with Crippen LogP contribution in [0.3, 0.4) is 0 Å². The number of halogens is 3. The molecule has 90 valence electrons. The minimum atomic E-state index is -2.82. The molecule has 1 aromatic carbocycles. The standard InChI is InChI=1S/C10H12BrF2NO2/c11-8-5-7(6-14-3-4-15)1-2-9(8)16-10(12)13/h1-2,5,10,14-15H,3-4,6H2. The van der Waals surface area contributed by atoms with Crippen LogP contribution < -0.4 is 10.1 Å². The number of rotatable bonds is 6. The highest BCUT2D eigenvalue weighted by molar-refractivity contribution is 9.10. The van der Waals surface area contributed by atoms with Gasteiger partial charge in [0.25, 0.3) is 0 Å². The second-order valence-corrected chi connectivity index (χ2v) is 3.90. The van der Waals surface area contributed by atoms with Crippen molar-refractivity contribution in [1.82, 2.24) is 5.32 Å². The summed E-state index contributed by atoms with van der Waals surface area (Å²) in [7, 11) is 0. The first-order valence-corrected chi connectivity index (χ1v) is 5.47. The zero-order valence-corrected chi connectivity index (χ0v) is 10.0. The van der Waals surface area contributed by atoms with Gasteiger partial charge in [-0.3, -0.25) is 0 Å². The van der Waals surface area contributed by atoms with E-state index in [1.807, 2.05) is 0 Å². The predicted octanol–water partition coefficient (Wildman–Crippen LogP) is 2.13. The summed E-state index contributed by atoms with van der Waals surface area (Å²) in [5.74, 6) is 0.112. The van der Waals surface area contributed by atoms with Crippen LogP contribution in [0.4, 0.5) is 8.78 Å². The molecule has 0 atom stereocenters. The highest BCUT2D eigenvalue weighted by atomic mass is 79.9. The van der Waals surface area contributed by atoms with E-state index in [4.69, 9.17) is 5.11 Å². The first-order valence-electron chi connectivity index (χ1n) is 4.68. The van der Waals surface area contributed by atoms with Gasteiger partial charge in [0.1, 0.15) is 5.75 Å². The van der Waals surface area contributed by atoms with Crippen molar-refractivity contribution in [1.29, 1.82) is 0 Å². The maximum absolute atomic E-state index is 12.0. The van der Waals surface area contributed by atoms with E-state index in [9.17, 15) is 8.78 Å². The smallest absolute Gasteiger partial charge is 0.387 e. The molecule has 0 unspecified atom stereocenters. The lowest BCUT2D eigenvalue weighted by molar-refractivity contribution is -0.0503. The molecule has 0 radical (unpaired) electrons. The second-order valence-electron chi connectivity index (χ2n) is 3.04. The SMILES string of the molecule is OCCNCc1ccc(OC(F)F)c(Br)c1. The average molecular weight is 296 g/mol. The Morgan fingerprint density at radius 3 is 2.75 bits per heavy atom. The summed E-state index contributed by atoms with van der Waals surface area (Å²) in [5.41, 5.74) is 0.918. The van der Waals surface area contributed by atoms with E-state index in [0.717, 1.165) is 5.56 Å². The van der Waals surface area contributed by atoms with Crippen molar-refractivity contribution >= 4 is 15.9 Å². The molecule has 0 saturated heterocycles. The molecule has 0 aromatic heterocycles. The summed E-state index contributed by atoms with van der Waals surface area (Å²) in [6.45, 7) is -1.70. The number of aliphatic hydroxyl groups is 1. The summed E-state index contributed by atoms with van der Waals surface area (Å²) in [6, 6.07) is 4.86. The minimum Gasteiger partial charge on any atom is -0.434 e. The van der Waals surface area contributed by atoms with E-state index in [1.54, 1.807) is 12.1 Å². The van der Waals surface area contributed by atoms with Crippen LogP contribution >= 0.6 is 15.9 Å². The minimum absolute atomic E-state index is 0.0632. The fourth-order valence-electron chi connectivity index (χ4n) is 1.16. The summed E-state index contributed by atoms with van der Waals surface area (Å²) in [6.07, 6.45) is 0. The van der Waals surface area contributed by atoms with Crippen LogP contribution in [0, 0.1) is 0 Å². The highest BCUT2D eigenvalue weighted by Gasteiger charge is 2.08. The fraction of sp³-hybridized carbons (Fsp3) is 0.400. The lowest BCUT2D eigenvalue weighted by atomic mass is 10.2. The van der Waals surface area contributed by atoms with Crippen molar-refractivity contribution < 1.29 is 18.6 Å². The fourth-order valence-corrected chi connectivity index (χ4v) is 1.68. The van der Waals surface area contributed by atoms with E-state index < -0.39 is 6.61 Å². The Hall–Kier alpha value is -0.720. The first kappa shape index (κ1) is 13.3. The lowest BCUT2D eigenvalue weighted by Crippen LogP contribution is -2.17. The Morgan fingerprint density at radius 2 is 2.19 bits per heavy atom. The van der Waals surface area contributed by atoms with Gasteiger partial charge >= 0.3 is 6.61 Å². The van der Waals surface area contributed by atoms with Crippen LogP contribution in [0.15, 0.2) is 22.7 Å². The number of aliphatic hydroxyl groups excluding tert-OH is 1. The molecule has 0 amide bonds. The second kappa shape index (κ2) is 6.78. The highest BCUT2D eigenvalue weighted by Crippen LogP contribution is 2.27. The van der Waals surface area contributed by atoms with Gasteiger partial charge in [0.15, 0.2) is 0 Å². The molecule has 0 spiro atoms. The van der Waals surface area contributed by atoms with E-state index in [2.05, 4.69) is 26.0 Å². The topological polar surface area (TPSA) is 41.5 Å². The summed E-state index contributed by atoms with van der Waals surface area (Å²) in [4.78, 5) is 0. The Labute approximate surface area is 101 Å². The maximum atomic E-state index is 12.0. The van der Waals surface area contributed by atoms with Gasteiger partial charge in [-0.15, -0.1) is 0 Å². The Kier molecular flexibility index (Phi) is 5.65. The van der Waals surface area contributed by atoms with Crippen molar-refractivity contribution in [3.8, 4) is 5.75 Å². The summed E-state index contributed by atoms with van der Waals surface area (Å²) in [5, 5.41) is 11.5. The number of benzene rings is 1. The lowest BCUT2D eigenvalue weighted by Gasteiger charge is -2.09. The van der Waals surface area contributed by atoms with Crippen molar-refractivity contribution in [3.63, 3.8) is 0 Å². The average Bonchev–Trinajstić information content (AvgIpc) is 2.22. The van der Waals surface area contributed by atoms with E-state index >= 15 is 0 Å². The van der Waals surface area contributed by atoms with Gasteiger partial charge < -0.3 is 15.2 Å². The molecular weight excluding hydrogens is 284 g/mol. The van der Waals surface area contributed by atoms with Crippen molar-refractivity contribution in [3.05, 3.63) is 28.2 Å². The molecular formula is C10H12BrF2NO2. The molecule has 0 fully saturated rings. The Bertz CT molecular complexity index is 337. The normalized spacial score (nSPS) is 10.8. The summed E-state index contributed by atoms with van der Waals surface area (Å²) >= 11 is 3.15. The van der Waals surface area contributed by atoms with Crippen LogP contribution in [0.1, 0.15) is 5.56 Å². The largest absolute Gasteiger partial charge is 0.434 e. The van der Waals surface area contributed by atoms with Gasteiger partial charge in [0, 0.05) is 13.1 Å². The number of nitrogens with one attached hydrogen (secondary N) is 1. The third-order valence-corrected chi connectivity index (χ3v) is 2.45. The monoisotopic (exact) mass is 295 g/mol. The number of alkyl halides is 2. The molecule has 0 aliphatic heterocycles. The van der Waals surface area contributed by atoms with Gasteiger partial charge in [-0.25, -0.2) is 0 Å². The van der Waals surface area contributed by atoms with Gasteiger partial charge in [-0.05, 0) is 33.6 Å². The summed E-state index contributed by atoms with van der Waals surface area (Å²) < 4.78 is 28.7. The third kappa shape index (κ3) is 4.42. The molecule has 0 saturated carbocycles. The molecule has 16 heavy (non-hydrogen) atoms. The van der Waals surface area contributed by atoms with Crippen LogP contribution in [-0.2, 0) is 6.54 Å². The van der Waals surface area contributed by atoms with E-state index in [-0.39, 0.29) is 12.4 Å². The molecule has 1 rings (SSSR count). The predicted molar refractivity (Wildman–Crippen MR) is 59.6 cm³/mol. The van der Waals surface area contributed by atoms with Crippen LogP contribution in [0.2, 0.25) is 0 Å². The Balaban J connectivity index is 2.60. The van der Waals surface area contributed by atoms with Crippen LogP contribution in [0.5, 0.6) is 5.75 Å². The molecule has 6 heteroatoms. The third-order valence-electron chi connectivity index (χ3n) is 1.83. The van der Waals surface area contributed by atoms with E-state index in [0.29, 0.717) is 17.6 Å². The van der Waals surface area contributed by atoms with Gasteiger partial charge in [-0.2, -0.15) is 8.78 Å². The molecule has 0 heterocycles. The van der Waals surface area contributed by atoms with Crippen molar-refractivity contribution in [2.24, 2.45) is 0 Å². The number of hydrogen-bond donors (Lipinski definition) is 2. The number of ether oxygens (including phenoxy) is 1.